The van der Waals surface area contributed by atoms with Gasteiger partial charge in [0.25, 0.3) is 0 Å². The van der Waals surface area contributed by atoms with E-state index in [1.165, 1.54) is 6.92 Å². The predicted octanol–water partition coefficient (Wildman–Crippen LogP) is 1.21. The monoisotopic (exact) mass is 268 g/mol. The van der Waals surface area contributed by atoms with Gasteiger partial charge in [-0.3, -0.25) is 4.79 Å². The summed E-state index contributed by atoms with van der Waals surface area (Å²) in [5.74, 6) is -0.650. The Hall–Kier alpha value is -0.820. The maximum absolute atomic E-state index is 11.9. The van der Waals surface area contributed by atoms with Crippen LogP contribution in [0.15, 0.2) is 0 Å². The minimum absolute atomic E-state index is 0.0524. The number of amides is 1. The number of hydrogen-bond donors (Lipinski definition) is 2. The number of alkyl halides is 3. The third-order valence-corrected chi connectivity index (χ3v) is 2.78. The van der Waals surface area contributed by atoms with Crippen LogP contribution in [0.4, 0.5) is 13.2 Å². The van der Waals surface area contributed by atoms with Gasteiger partial charge >= 0.3 is 6.18 Å². The summed E-state index contributed by atoms with van der Waals surface area (Å²) in [5.41, 5.74) is 0. The second kappa shape index (κ2) is 6.94. The highest BCUT2D eigenvalue weighted by molar-refractivity contribution is 5.81. The molecule has 18 heavy (non-hydrogen) atoms. The van der Waals surface area contributed by atoms with Gasteiger partial charge in [0.2, 0.25) is 5.91 Å². The van der Waals surface area contributed by atoms with Gasteiger partial charge in [-0.25, -0.2) is 0 Å². The molecule has 0 radical (unpaired) electrons. The Morgan fingerprint density at radius 3 is 2.72 bits per heavy atom. The molecular formula is C11H19F3N2O2. The van der Waals surface area contributed by atoms with Gasteiger partial charge in [0, 0.05) is 13.2 Å². The van der Waals surface area contributed by atoms with E-state index in [-0.39, 0.29) is 6.10 Å². The molecule has 7 heteroatoms. The molecule has 1 aliphatic rings. The molecular weight excluding hydrogens is 249 g/mol. The molecule has 0 spiro atoms. The first-order valence-electron chi connectivity index (χ1n) is 6.08. The highest BCUT2D eigenvalue weighted by Gasteiger charge is 2.28. The third-order valence-electron chi connectivity index (χ3n) is 2.78. The van der Waals surface area contributed by atoms with Crippen LogP contribution in [0, 0.1) is 0 Å². The third kappa shape index (κ3) is 6.20. The minimum atomic E-state index is -4.37. The maximum atomic E-state index is 11.9. The first kappa shape index (κ1) is 15.2. The number of ether oxygens (including phenoxy) is 1. The van der Waals surface area contributed by atoms with Crippen LogP contribution < -0.4 is 10.6 Å². The summed E-state index contributed by atoms with van der Waals surface area (Å²) in [4.78, 5) is 11.3. The Balaban J connectivity index is 2.18. The number of rotatable bonds is 5. The van der Waals surface area contributed by atoms with Gasteiger partial charge in [0.05, 0.1) is 12.1 Å². The van der Waals surface area contributed by atoms with Gasteiger partial charge < -0.3 is 15.4 Å². The van der Waals surface area contributed by atoms with Crippen molar-refractivity contribution in [2.24, 2.45) is 0 Å². The molecule has 2 atom stereocenters. The average Bonchev–Trinajstić information content (AvgIpc) is 2.33. The van der Waals surface area contributed by atoms with Gasteiger partial charge in [-0.1, -0.05) is 0 Å². The van der Waals surface area contributed by atoms with Crippen LogP contribution in [0.25, 0.3) is 0 Å². The molecule has 1 amide bonds. The lowest BCUT2D eigenvalue weighted by Crippen LogP contribution is -2.47. The summed E-state index contributed by atoms with van der Waals surface area (Å²) in [6.07, 6.45) is -1.28. The number of carbonyl (C=O) groups excluding carboxylic acids is 1. The molecule has 106 valence electrons. The van der Waals surface area contributed by atoms with Crippen molar-refractivity contribution in [1.29, 1.82) is 0 Å². The Labute approximate surface area is 104 Å². The van der Waals surface area contributed by atoms with Gasteiger partial charge in [-0.05, 0) is 26.2 Å². The molecule has 1 aliphatic heterocycles. The number of nitrogens with one attached hydrogen (secondary N) is 2. The van der Waals surface area contributed by atoms with E-state index in [0.29, 0.717) is 13.2 Å². The van der Waals surface area contributed by atoms with Crippen LogP contribution in [0.2, 0.25) is 0 Å². The van der Waals surface area contributed by atoms with Crippen LogP contribution in [-0.2, 0) is 9.53 Å². The normalized spacial score (nSPS) is 22.6. The molecule has 0 aliphatic carbocycles. The molecule has 2 unspecified atom stereocenters. The first-order chi connectivity index (χ1) is 8.38. The van der Waals surface area contributed by atoms with Crippen LogP contribution in [0.3, 0.4) is 0 Å². The molecule has 1 heterocycles. The van der Waals surface area contributed by atoms with E-state index in [1.54, 1.807) is 0 Å². The zero-order chi connectivity index (χ0) is 13.6. The van der Waals surface area contributed by atoms with Crippen molar-refractivity contribution in [3.8, 4) is 0 Å². The van der Waals surface area contributed by atoms with Gasteiger partial charge in [-0.2, -0.15) is 13.2 Å². The van der Waals surface area contributed by atoms with Crippen molar-refractivity contribution in [2.75, 3.05) is 19.7 Å². The highest BCUT2D eigenvalue weighted by atomic mass is 19.4. The molecule has 1 rings (SSSR count). The maximum Gasteiger partial charge on any atom is 0.405 e. The molecule has 0 bridgehead atoms. The van der Waals surface area contributed by atoms with Crippen LogP contribution in [-0.4, -0.2) is 43.9 Å². The van der Waals surface area contributed by atoms with Gasteiger partial charge in [-0.15, -0.1) is 0 Å². The number of hydrogen-bond acceptors (Lipinski definition) is 3. The fourth-order valence-electron chi connectivity index (χ4n) is 1.71. The van der Waals surface area contributed by atoms with E-state index in [2.05, 4.69) is 5.32 Å². The van der Waals surface area contributed by atoms with Crippen LogP contribution in [0.5, 0.6) is 0 Å². The van der Waals surface area contributed by atoms with Crippen LogP contribution in [0.1, 0.15) is 26.2 Å². The second-order valence-corrected chi connectivity index (χ2v) is 4.45. The van der Waals surface area contributed by atoms with Gasteiger partial charge in [0.1, 0.15) is 6.54 Å². The zero-order valence-electron chi connectivity index (χ0n) is 10.3. The molecule has 0 aromatic carbocycles. The van der Waals surface area contributed by atoms with Crippen molar-refractivity contribution in [1.82, 2.24) is 10.6 Å². The second-order valence-electron chi connectivity index (χ2n) is 4.45. The largest absolute Gasteiger partial charge is 0.405 e. The minimum Gasteiger partial charge on any atom is -0.377 e. The molecule has 0 saturated carbocycles. The fraction of sp³-hybridized carbons (Fsp3) is 0.909. The first-order valence-corrected chi connectivity index (χ1v) is 6.08. The smallest absolute Gasteiger partial charge is 0.377 e. The molecule has 1 saturated heterocycles. The Kier molecular flexibility index (Phi) is 5.87. The van der Waals surface area contributed by atoms with E-state index in [9.17, 15) is 18.0 Å². The zero-order valence-corrected chi connectivity index (χ0v) is 10.3. The van der Waals surface area contributed by atoms with Crippen molar-refractivity contribution in [3.63, 3.8) is 0 Å². The summed E-state index contributed by atoms with van der Waals surface area (Å²) in [6, 6.07) is -0.655. The molecule has 0 aromatic heterocycles. The summed E-state index contributed by atoms with van der Waals surface area (Å²) < 4.78 is 41.2. The van der Waals surface area contributed by atoms with Crippen molar-refractivity contribution >= 4 is 5.91 Å². The Morgan fingerprint density at radius 1 is 1.44 bits per heavy atom. The van der Waals surface area contributed by atoms with Gasteiger partial charge in [0.15, 0.2) is 0 Å². The molecule has 2 N–H and O–H groups in total. The Morgan fingerprint density at radius 2 is 2.17 bits per heavy atom. The van der Waals surface area contributed by atoms with Crippen molar-refractivity contribution in [2.45, 2.75) is 44.5 Å². The summed E-state index contributed by atoms with van der Waals surface area (Å²) >= 11 is 0. The summed E-state index contributed by atoms with van der Waals surface area (Å²) in [6.45, 7) is 1.44. The fourth-order valence-corrected chi connectivity index (χ4v) is 1.71. The lowest BCUT2D eigenvalue weighted by Gasteiger charge is -2.24. The molecule has 0 aromatic rings. The van der Waals surface area contributed by atoms with Crippen molar-refractivity contribution in [3.05, 3.63) is 0 Å². The average molecular weight is 268 g/mol. The molecule has 1 fully saturated rings. The quantitative estimate of drug-likeness (QED) is 0.788. The van der Waals surface area contributed by atoms with Crippen LogP contribution >= 0.6 is 0 Å². The lowest BCUT2D eigenvalue weighted by atomic mass is 10.1. The summed E-state index contributed by atoms with van der Waals surface area (Å²) in [7, 11) is 0. The van der Waals surface area contributed by atoms with E-state index >= 15 is 0 Å². The predicted molar refractivity (Wildman–Crippen MR) is 60.1 cm³/mol. The standard InChI is InChI=1S/C11H19F3N2O2/c1-8(10(17)16-7-11(12,13)14)15-6-9-4-2-3-5-18-9/h8-9,15H,2-7H2,1H3,(H,16,17). The summed E-state index contributed by atoms with van der Waals surface area (Å²) in [5, 5.41) is 4.73. The van der Waals surface area contributed by atoms with E-state index in [0.717, 1.165) is 19.3 Å². The molecule has 4 nitrogen and oxygen atoms in total. The Bertz CT molecular complexity index is 266. The lowest BCUT2D eigenvalue weighted by molar-refractivity contribution is -0.139. The number of carbonyl (C=O) groups is 1. The van der Waals surface area contributed by atoms with E-state index in [1.807, 2.05) is 5.32 Å². The van der Waals surface area contributed by atoms with E-state index < -0.39 is 24.7 Å². The van der Waals surface area contributed by atoms with Crippen molar-refractivity contribution < 1.29 is 22.7 Å². The SMILES string of the molecule is CC(NCC1CCCCO1)C(=O)NCC(F)(F)F. The topological polar surface area (TPSA) is 50.4 Å². The number of halogens is 3. The highest BCUT2D eigenvalue weighted by Crippen LogP contribution is 2.13. The van der Waals surface area contributed by atoms with E-state index in [4.69, 9.17) is 4.74 Å².